The summed E-state index contributed by atoms with van der Waals surface area (Å²) >= 11 is 0. The highest BCUT2D eigenvalue weighted by Crippen LogP contribution is 2.31. The van der Waals surface area contributed by atoms with E-state index >= 15 is 0 Å². The SMILES string of the molecule is CC[Si](CC)(CC)O[C@H]1C/C=C/C=C\[C@H](O[Si](CC)(CC)CC)[C@H](C)C/C=C/CC2C(=O)C[C@@H](C1)OC2=O. The van der Waals surface area contributed by atoms with Gasteiger partial charge in [0.1, 0.15) is 12.0 Å². The number of ketones is 1. The Balaban J connectivity index is 2.35. The smallest absolute Gasteiger partial charge is 0.317 e. The van der Waals surface area contributed by atoms with E-state index < -0.39 is 28.7 Å². The number of carbonyl (C=O) groups excluding carboxylic acids is 2. The van der Waals surface area contributed by atoms with E-state index in [0.717, 1.165) is 49.1 Å². The van der Waals surface area contributed by atoms with Crippen LogP contribution >= 0.6 is 0 Å². The average molecular weight is 563 g/mol. The van der Waals surface area contributed by atoms with Crippen molar-refractivity contribution in [2.75, 3.05) is 0 Å². The summed E-state index contributed by atoms with van der Waals surface area (Å²) in [5.74, 6) is -0.765. The van der Waals surface area contributed by atoms with Crippen LogP contribution in [0.2, 0.25) is 36.3 Å². The van der Waals surface area contributed by atoms with Crippen molar-refractivity contribution in [3.8, 4) is 0 Å². The molecule has 1 aliphatic carbocycles. The molecule has 0 amide bonds. The predicted octanol–water partition coefficient (Wildman–Crippen LogP) is 8.15. The Morgan fingerprint density at radius 2 is 1.37 bits per heavy atom. The summed E-state index contributed by atoms with van der Waals surface area (Å²) in [6, 6.07) is 6.54. The van der Waals surface area contributed by atoms with Crippen molar-refractivity contribution < 1.29 is 23.2 Å². The molecule has 0 aromatic rings. The molecule has 2 aliphatic heterocycles. The second-order valence-corrected chi connectivity index (χ2v) is 20.7. The van der Waals surface area contributed by atoms with Crippen molar-refractivity contribution in [2.45, 2.75) is 135 Å². The van der Waals surface area contributed by atoms with Gasteiger partial charge >= 0.3 is 5.97 Å². The lowest BCUT2D eigenvalue weighted by molar-refractivity contribution is -0.165. The zero-order valence-corrected chi connectivity index (χ0v) is 27.2. The molecule has 0 aromatic heterocycles. The highest BCUT2D eigenvalue weighted by Gasteiger charge is 2.39. The molecule has 3 rings (SSSR count). The number of carbonyl (C=O) groups is 2. The summed E-state index contributed by atoms with van der Waals surface area (Å²) < 4.78 is 19.6. The molecule has 1 saturated heterocycles. The summed E-state index contributed by atoms with van der Waals surface area (Å²) in [5.41, 5.74) is 0. The maximum Gasteiger partial charge on any atom is 0.317 e. The van der Waals surface area contributed by atoms with Gasteiger partial charge in [-0.1, -0.05) is 84.9 Å². The Hall–Kier alpha value is -1.29. The second kappa shape index (κ2) is 16.1. The molecule has 0 N–H and O–H groups in total. The van der Waals surface area contributed by atoms with Gasteiger partial charge in [0.15, 0.2) is 22.4 Å². The van der Waals surface area contributed by atoms with Crippen LogP contribution in [-0.4, -0.2) is 46.7 Å². The van der Waals surface area contributed by atoms with Crippen molar-refractivity contribution in [3.05, 3.63) is 36.5 Å². The van der Waals surface area contributed by atoms with Crippen molar-refractivity contribution in [1.82, 2.24) is 0 Å². The van der Waals surface area contributed by atoms with Gasteiger partial charge in [-0.25, -0.2) is 0 Å². The van der Waals surface area contributed by atoms with Crippen LogP contribution in [0.25, 0.3) is 0 Å². The molecule has 216 valence electrons. The second-order valence-electron chi connectivity index (χ2n) is 11.3. The lowest BCUT2D eigenvalue weighted by Gasteiger charge is -2.35. The maximum atomic E-state index is 13.0. The molecule has 0 radical (unpaired) electrons. The van der Waals surface area contributed by atoms with Gasteiger partial charge in [0.25, 0.3) is 0 Å². The zero-order chi connectivity index (χ0) is 28.2. The Labute approximate surface area is 234 Å². The number of esters is 1. The monoisotopic (exact) mass is 562 g/mol. The van der Waals surface area contributed by atoms with E-state index in [-0.39, 0.29) is 30.4 Å². The highest BCUT2D eigenvalue weighted by atomic mass is 28.4. The van der Waals surface area contributed by atoms with Crippen LogP contribution in [0.4, 0.5) is 0 Å². The first-order chi connectivity index (χ1) is 18.2. The number of fused-ring (bicyclic) bond motifs is 11. The zero-order valence-electron chi connectivity index (χ0n) is 25.2. The molecule has 0 spiro atoms. The normalized spacial score (nSPS) is 30.4. The highest BCUT2D eigenvalue weighted by molar-refractivity contribution is 6.74. The van der Waals surface area contributed by atoms with Gasteiger partial charge in [0.05, 0.1) is 12.2 Å². The van der Waals surface area contributed by atoms with Crippen LogP contribution in [0.15, 0.2) is 36.5 Å². The summed E-state index contributed by atoms with van der Waals surface area (Å²) in [4.78, 5) is 25.8. The van der Waals surface area contributed by atoms with Crippen molar-refractivity contribution in [2.24, 2.45) is 11.8 Å². The van der Waals surface area contributed by atoms with E-state index in [1.165, 1.54) is 0 Å². The summed E-state index contributed by atoms with van der Waals surface area (Å²) in [7, 11) is -3.64. The van der Waals surface area contributed by atoms with Crippen LogP contribution in [-0.2, 0) is 23.2 Å². The number of ether oxygens (including phenoxy) is 1. The molecule has 1 fully saturated rings. The molecular formula is C31H54O5Si2. The number of hydrogen-bond donors (Lipinski definition) is 0. The fourth-order valence-electron chi connectivity index (χ4n) is 5.78. The molecule has 2 heterocycles. The minimum atomic E-state index is -1.86. The van der Waals surface area contributed by atoms with Crippen LogP contribution in [0.1, 0.15) is 80.6 Å². The average Bonchev–Trinajstić information content (AvgIpc) is 2.92. The van der Waals surface area contributed by atoms with E-state index in [0.29, 0.717) is 18.8 Å². The molecule has 3 aliphatic rings. The third-order valence-corrected chi connectivity index (χ3v) is 18.5. The van der Waals surface area contributed by atoms with Gasteiger partial charge in [-0.15, -0.1) is 0 Å². The molecule has 5 atom stereocenters. The largest absolute Gasteiger partial charge is 0.461 e. The maximum absolute atomic E-state index is 13.0. The first kappa shape index (κ1) is 32.9. The van der Waals surface area contributed by atoms with Gasteiger partial charge in [-0.2, -0.15) is 0 Å². The third kappa shape index (κ3) is 9.14. The molecule has 1 unspecified atom stereocenters. The molecule has 7 heteroatoms. The Morgan fingerprint density at radius 3 is 1.95 bits per heavy atom. The number of rotatable bonds is 10. The van der Waals surface area contributed by atoms with Crippen LogP contribution in [0.3, 0.4) is 0 Å². The number of allylic oxidation sites excluding steroid dienone is 4. The van der Waals surface area contributed by atoms with Crippen LogP contribution in [0.5, 0.6) is 0 Å². The van der Waals surface area contributed by atoms with E-state index in [2.05, 4.69) is 78.8 Å². The Kier molecular flexibility index (Phi) is 13.9. The Morgan fingerprint density at radius 1 is 0.789 bits per heavy atom. The minimum Gasteiger partial charge on any atom is -0.461 e. The first-order valence-corrected chi connectivity index (χ1v) is 20.3. The molecule has 0 aromatic carbocycles. The predicted molar refractivity (Wildman–Crippen MR) is 162 cm³/mol. The van der Waals surface area contributed by atoms with Crippen LogP contribution in [0, 0.1) is 11.8 Å². The van der Waals surface area contributed by atoms with Crippen LogP contribution < -0.4 is 0 Å². The van der Waals surface area contributed by atoms with Gasteiger partial charge in [0, 0.05) is 12.8 Å². The lowest BCUT2D eigenvalue weighted by atomic mass is 9.90. The summed E-state index contributed by atoms with van der Waals surface area (Å²) in [6.45, 7) is 15.7. The van der Waals surface area contributed by atoms with Gasteiger partial charge in [-0.05, 0) is 61.4 Å². The van der Waals surface area contributed by atoms with Crippen molar-refractivity contribution >= 4 is 28.4 Å². The van der Waals surface area contributed by atoms with E-state index in [1.54, 1.807) is 0 Å². The first-order valence-electron chi connectivity index (χ1n) is 15.3. The fourth-order valence-corrected chi connectivity index (χ4v) is 11.6. The molecule has 0 saturated carbocycles. The van der Waals surface area contributed by atoms with Crippen molar-refractivity contribution in [3.63, 3.8) is 0 Å². The minimum absolute atomic E-state index is 0.0000345. The van der Waals surface area contributed by atoms with E-state index in [4.69, 9.17) is 13.6 Å². The molecule has 2 bridgehead atoms. The molecular weight excluding hydrogens is 509 g/mol. The molecule has 38 heavy (non-hydrogen) atoms. The van der Waals surface area contributed by atoms with Gasteiger partial charge in [0.2, 0.25) is 0 Å². The van der Waals surface area contributed by atoms with E-state index in [9.17, 15) is 9.59 Å². The molecule has 5 nitrogen and oxygen atoms in total. The summed E-state index contributed by atoms with van der Waals surface area (Å²) in [5, 5.41) is 0. The standard InChI is InChI=1S/C31H54O5Si2/c1-8-37(9-2,10-3)35-26-20-15-14-16-22-30(36-38(11-4,12-5)13-6)25(7)19-17-18-21-28-29(32)24-27(23-26)34-31(28)33/h14-18,22,25-28,30H,8-13,19-21,23-24H2,1-7H3/b15-14+,18-17+,22-16-/t25-,26+,27-,28?,30+/m1/s1. The summed E-state index contributed by atoms with van der Waals surface area (Å²) in [6.07, 6.45) is 15.2. The number of Topliss-reactive ketones (excluding diaryl/α,β-unsaturated/α-hetero) is 1. The topological polar surface area (TPSA) is 61.8 Å². The number of hydrogen-bond acceptors (Lipinski definition) is 5. The van der Waals surface area contributed by atoms with E-state index in [1.807, 2.05) is 6.08 Å². The van der Waals surface area contributed by atoms with Gasteiger partial charge in [-0.3, -0.25) is 9.59 Å². The van der Waals surface area contributed by atoms with Gasteiger partial charge < -0.3 is 13.6 Å². The fraction of sp³-hybridized carbons (Fsp3) is 0.742. The third-order valence-electron chi connectivity index (χ3n) is 9.13. The Bertz CT molecular complexity index is 794. The quantitative estimate of drug-likeness (QED) is 0.116. The van der Waals surface area contributed by atoms with Crippen molar-refractivity contribution in [1.29, 1.82) is 0 Å². The lowest BCUT2D eigenvalue weighted by Crippen LogP contribution is -2.43.